The molecule has 0 unspecified atom stereocenters. The van der Waals surface area contributed by atoms with Gasteiger partial charge in [-0.15, -0.1) is 0 Å². The number of fused-ring (bicyclic) bond motifs is 1. The number of nitrogens with one attached hydrogen (secondary N) is 1. The summed E-state index contributed by atoms with van der Waals surface area (Å²) in [7, 11) is -3.64. The molecule has 0 saturated heterocycles. The van der Waals surface area contributed by atoms with Crippen molar-refractivity contribution in [3.05, 3.63) is 66.7 Å². The van der Waals surface area contributed by atoms with Gasteiger partial charge in [-0.05, 0) is 42.6 Å². The van der Waals surface area contributed by atoms with Crippen LogP contribution in [-0.4, -0.2) is 15.0 Å². The van der Waals surface area contributed by atoms with Crippen LogP contribution >= 0.6 is 0 Å². The molecule has 23 heavy (non-hydrogen) atoms. The number of sulfonamides is 1. The molecule has 0 amide bonds. The van der Waals surface area contributed by atoms with Gasteiger partial charge in [-0.3, -0.25) is 4.72 Å². The number of ether oxygens (including phenoxy) is 1. The number of hydrogen-bond acceptors (Lipinski definition) is 3. The molecule has 0 bridgehead atoms. The zero-order valence-electron chi connectivity index (χ0n) is 12.7. The molecule has 0 fully saturated rings. The Bertz CT molecular complexity index is 913. The SMILES string of the molecule is CCOc1ccc(S(=O)(=O)Nc2cccc3ccccc23)cc1. The Morgan fingerprint density at radius 2 is 1.61 bits per heavy atom. The van der Waals surface area contributed by atoms with Crippen molar-refractivity contribution in [3.8, 4) is 5.75 Å². The molecular weight excluding hydrogens is 310 g/mol. The van der Waals surface area contributed by atoms with E-state index in [4.69, 9.17) is 4.74 Å². The Morgan fingerprint density at radius 1 is 0.913 bits per heavy atom. The van der Waals surface area contributed by atoms with E-state index in [-0.39, 0.29) is 4.90 Å². The van der Waals surface area contributed by atoms with Crippen LogP contribution in [-0.2, 0) is 10.0 Å². The fourth-order valence-electron chi connectivity index (χ4n) is 2.40. The number of benzene rings is 3. The molecule has 0 saturated carbocycles. The van der Waals surface area contributed by atoms with Gasteiger partial charge in [0.2, 0.25) is 0 Å². The number of anilines is 1. The van der Waals surface area contributed by atoms with E-state index in [1.807, 2.05) is 43.3 Å². The maximum absolute atomic E-state index is 12.6. The van der Waals surface area contributed by atoms with Gasteiger partial charge in [0.25, 0.3) is 10.0 Å². The molecule has 4 nitrogen and oxygen atoms in total. The summed E-state index contributed by atoms with van der Waals surface area (Å²) in [5, 5.41) is 1.85. The molecule has 0 aliphatic rings. The highest BCUT2D eigenvalue weighted by atomic mass is 32.2. The molecule has 5 heteroatoms. The van der Waals surface area contributed by atoms with Gasteiger partial charge in [0.1, 0.15) is 5.75 Å². The third-order valence-corrected chi connectivity index (χ3v) is 4.86. The second kappa shape index (κ2) is 6.30. The molecule has 0 heterocycles. The zero-order chi connectivity index (χ0) is 16.3. The lowest BCUT2D eigenvalue weighted by Gasteiger charge is -2.11. The van der Waals surface area contributed by atoms with Crippen LogP contribution in [0.5, 0.6) is 5.75 Å². The molecule has 3 rings (SSSR count). The first-order valence-corrected chi connectivity index (χ1v) is 8.82. The van der Waals surface area contributed by atoms with E-state index in [1.54, 1.807) is 30.3 Å². The fourth-order valence-corrected chi connectivity index (χ4v) is 3.48. The number of hydrogen-bond donors (Lipinski definition) is 1. The minimum absolute atomic E-state index is 0.203. The highest BCUT2D eigenvalue weighted by molar-refractivity contribution is 7.92. The van der Waals surface area contributed by atoms with Gasteiger partial charge in [0, 0.05) is 5.39 Å². The van der Waals surface area contributed by atoms with Gasteiger partial charge in [0.15, 0.2) is 0 Å². The lowest BCUT2D eigenvalue weighted by atomic mass is 10.1. The van der Waals surface area contributed by atoms with Crippen LogP contribution in [0, 0.1) is 0 Å². The van der Waals surface area contributed by atoms with Crippen molar-refractivity contribution in [1.82, 2.24) is 0 Å². The van der Waals surface area contributed by atoms with Crippen molar-refractivity contribution >= 4 is 26.5 Å². The predicted molar refractivity (Wildman–Crippen MR) is 92.4 cm³/mol. The van der Waals surface area contributed by atoms with Crippen molar-refractivity contribution in [1.29, 1.82) is 0 Å². The molecule has 0 aliphatic carbocycles. The lowest BCUT2D eigenvalue weighted by molar-refractivity contribution is 0.340. The largest absolute Gasteiger partial charge is 0.494 e. The van der Waals surface area contributed by atoms with E-state index in [0.29, 0.717) is 18.0 Å². The fraction of sp³-hybridized carbons (Fsp3) is 0.111. The van der Waals surface area contributed by atoms with Crippen LogP contribution in [0.3, 0.4) is 0 Å². The quantitative estimate of drug-likeness (QED) is 0.769. The summed E-state index contributed by atoms with van der Waals surface area (Å²) in [6.45, 7) is 2.42. The summed E-state index contributed by atoms with van der Waals surface area (Å²) in [6, 6.07) is 19.6. The third-order valence-electron chi connectivity index (χ3n) is 3.48. The van der Waals surface area contributed by atoms with Gasteiger partial charge < -0.3 is 4.74 Å². The molecule has 0 spiro atoms. The zero-order valence-corrected chi connectivity index (χ0v) is 13.5. The summed E-state index contributed by atoms with van der Waals surface area (Å²) in [6.07, 6.45) is 0. The Balaban J connectivity index is 1.93. The molecule has 0 atom stereocenters. The van der Waals surface area contributed by atoms with Crippen LogP contribution in [0.2, 0.25) is 0 Å². The van der Waals surface area contributed by atoms with Gasteiger partial charge >= 0.3 is 0 Å². The Kier molecular flexibility index (Phi) is 4.21. The van der Waals surface area contributed by atoms with E-state index < -0.39 is 10.0 Å². The van der Waals surface area contributed by atoms with Crippen molar-refractivity contribution in [3.63, 3.8) is 0 Å². The predicted octanol–water partition coefficient (Wildman–Crippen LogP) is 4.04. The first kappa shape index (κ1) is 15.4. The summed E-state index contributed by atoms with van der Waals surface area (Å²) in [5.41, 5.74) is 0.567. The topological polar surface area (TPSA) is 55.4 Å². The monoisotopic (exact) mass is 327 g/mol. The van der Waals surface area contributed by atoms with Crippen LogP contribution in [0.15, 0.2) is 71.6 Å². The first-order valence-electron chi connectivity index (χ1n) is 7.33. The van der Waals surface area contributed by atoms with Crippen molar-refractivity contribution < 1.29 is 13.2 Å². The minimum atomic E-state index is -3.64. The number of rotatable bonds is 5. The highest BCUT2D eigenvalue weighted by Crippen LogP contribution is 2.26. The van der Waals surface area contributed by atoms with Crippen LogP contribution < -0.4 is 9.46 Å². The van der Waals surface area contributed by atoms with E-state index in [0.717, 1.165) is 10.8 Å². The molecular formula is C18H17NO3S. The van der Waals surface area contributed by atoms with Crippen LogP contribution in [0.1, 0.15) is 6.92 Å². The average molecular weight is 327 g/mol. The molecule has 0 radical (unpaired) electrons. The standard InChI is InChI=1S/C18H17NO3S/c1-2-22-15-10-12-16(13-11-15)23(20,21)19-18-9-5-7-14-6-3-4-8-17(14)18/h3-13,19H,2H2,1H3. The van der Waals surface area contributed by atoms with Crippen molar-refractivity contribution in [2.45, 2.75) is 11.8 Å². The van der Waals surface area contributed by atoms with E-state index in [2.05, 4.69) is 4.72 Å². The van der Waals surface area contributed by atoms with E-state index in [9.17, 15) is 8.42 Å². The van der Waals surface area contributed by atoms with Crippen LogP contribution in [0.25, 0.3) is 10.8 Å². The van der Waals surface area contributed by atoms with Crippen molar-refractivity contribution in [2.24, 2.45) is 0 Å². The maximum atomic E-state index is 12.6. The summed E-state index contributed by atoms with van der Waals surface area (Å²) in [5.74, 6) is 0.650. The van der Waals surface area contributed by atoms with E-state index in [1.165, 1.54) is 0 Å². The molecule has 3 aromatic carbocycles. The Hall–Kier alpha value is -2.53. The second-order valence-corrected chi connectivity index (χ2v) is 6.72. The lowest BCUT2D eigenvalue weighted by Crippen LogP contribution is -2.13. The molecule has 0 aliphatic heterocycles. The Labute approximate surface area is 135 Å². The average Bonchev–Trinajstić information content (AvgIpc) is 2.56. The molecule has 3 aromatic rings. The molecule has 0 aromatic heterocycles. The Morgan fingerprint density at radius 3 is 2.35 bits per heavy atom. The maximum Gasteiger partial charge on any atom is 0.261 e. The normalized spacial score (nSPS) is 11.3. The smallest absolute Gasteiger partial charge is 0.261 e. The van der Waals surface area contributed by atoms with E-state index >= 15 is 0 Å². The van der Waals surface area contributed by atoms with Crippen molar-refractivity contribution in [2.75, 3.05) is 11.3 Å². The van der Waals surface area contributed by atoms with Gasteiger partial charge in [-0.25, -0.2) is 8.42 Å². The molecule has 118 valence electrons. The highest BCUT2D eigenvalue weighted by Gasteiger charge is 2.15. The van der Waals surface area contributed by atoms with Gasteiger partial charge in [0.05, 0.1) is 17.2 Å². The first-order chi connectivity index (χ1) is 11.1. The minimum Gasteiger partial charge on any atom is -0.494 e. The third kappa shape index (κ3) is 3.29. The van der Waals surface area contributed by atoms with Gasteiger partial charge in [-0.1, -0.05) is 36.4 Å². The summed E-state index contributed by atoms with van der Waals surface area (Å²) >= 11 is 0. The summed E-state index contributed by atoms with van der Waals surface area (Å²) < 4.78 is 33.1. The van der Waals surface area contributed by atoms with Gasteiger partial charge in [-0.2, -0.15) is 0 Å². The summed E-state index contributed by atoms with van der Waals surface area (Å²) in [4.78, 5) is 0.203. The second-order valence-electron chi connectivity index (χ2n) is 5.04. The van der Waals surface area contributed by atoms with Crippen LogP contribution in [0.4, 0.5) is 5.69 Å². The molecule has 1 N–H and O–H groups in total.